The first-order valence-corrected chi connectivity index (χ1v) is 8.81. The average molecular weight is 299 g/mol. The number of hydrogen-bond donors (Lipinski definition) is 2. The van der Waals surface area contributed by atoms with Crippen LogP contribution in [0.5, 0.6) is 0 Å². The van der Waals surface area contributed by atoms with Crippen LogP contribution in [0.1, 0.15) is 45.8 Å². The third-order valence-electron chi connectivity index (χ3n) is 3.79. The van der Waals surface area contributed by atoms with Crippen LogP contribution in [-0.2, 0) is 6.54 Å². The molecule has 0 aliphatic heterocycles. The number of rotatable bonds is 5. The summed E-state index contributed by atoms with van der Waals surface area (Å²) in [5, 5.41) is 13.3. The van der Waals surface area contributed by atoms with Crippen LogP contribution < -0.4 is 5.32 Å². The Morgan fingerprint density at radius 3 is 2.89 bits per heavy atom. The number of carboxylic acid groups (broad SMARTS) is 1. The maximum atomic E-state index is 11.0. The minimum atomic E-state index is -0.820. The summed E-state index contributed by atoms with van der Waals surface area (Å²) in [6.07, 6.45) is 7.35. The molecule has 2 N–H and O–H groups in total. The minimum Gasteiger partial charge on any atom is -0.477 e. The second-order valence-corrected chi connectivity index (χ2v) is 7.38. The van der Waals surface area contributed by atoms with Crippen LogP contribution in [0.15, 0.2) is 6.07 Å². The molecule has 1 fully saturated rings. The molecule has 2 unspecified atom stereocenters. The highest BCUT2D eigenvalue weighted by Crippen LogP contribution is 2.28. The van der Waals surface area contributed by atoms with Crippen molar-refractivity contribution in [1.29, 1.82) is 0 Å². The summed E-state index contributed by atoms with van der Waals surface area (Å²) in [5.41, 5.74) is 1.13. The van der Waals surface area contributed by atoms with Crippen molar-refractivity contribution in [3.05, 3.63) is 21.4 Å². The monoisotopic (exact) mass is 299 g/mol. The summed E-state index contributed by atoms with van der Waals surface area (Å²) in [6.45, 7) is 2.79. The molecule has 1 aliphatic carbocycles. The van der Waals surface area contributed by atoms with E-state index in [9.17, 15) is 4.79 Å². The zero-order valence-electron chi connectivity index (χ0n) is 11.4. The zero-order chi connectivity index (χ0) is 13.8. The van der Waals surface area contributed by atoms with E-state index in [1.165, 1.54) is 37.0 Å². The molecule has 1 aromatic rings. The van der Waals surface area contributed by atoms with Crippen LogP contribution in [-0.4, -0.2) is 28.6 Å². The molecule has 106 valence electrons. The van der Waals surface area contributed by atoms with E-state index in [1.807, 2.05) is 24.8 Å². The molecular weight excluding hydrogens is 278 g/mol. The van der Waals surface area contributed by atoms with Crippen LogP contribution in [0, 0.1) is 6.92 Å². The molecule has 0 amide bonds. The molecule has 19 heavy (non-hydrogen) atoms. The van der Waals surface area contributed by atoms with Crippen LogP contribution in [0.25, 0.3) is 0 Å². The Hall–Kier alpha value is -0.520. The average Bonchev–Trinajstić information content (AvgIpc) is 2.78. The predicted octanol–water partition coefficient (Wildman–Crippen LogP) is 3.52. The van der Waals surface area contributed by atoms with Crippen molar-refractivity contribution in [2.24, 2.45) is 0 Å². The van der Waals surface area contributed by atoms with Gasteiger partial charge in [-0.1, -0.05) is 12.8 Å². The van der Waals surface area contributed by atoms with Gasteiger partial charge in [-0.15, -0.1) is 11.3 Å². The lowest BCUT2D eigenvalue weighted by Gasteiger charge is -2.31. The summed E-state index contributed by atoms with van der Waals surface area (Å²) in [7, 11) is 0. The number of carboxylic acids is 1. The standard InChI is InChI=1S/C14H21NO2S2/c1-9-10(7-13(19-9)14(16)17)8-15-11-5-3-4-6-12(11)18-2/h7,11-12,15H,3-6,8H2,1-2H3,(H,16,17). The molecule has 2 atom stereocenters. The molecule has 1 heterocycles. The van der Waals surface area contributed by atoms with E-state index in [0.717, 1.165) is 17.0 Å². The number of carbonyl (C=O) groups is 1. The maximum absolute atomic E-state index is 11.0. The number of thiophene rings is 1. The van der Waals surface area contributed by atoms with Gasteiger partial charge >= 0.3 is 5.97 Å². The molecule has 1 aromatic heterocycles. The van der Waals surface area contributed by atoms with E-state index in [2.05, 4.69) is 11.6 Å². The van der Waals surface area contributed by atoms with Gasteiger partial charge in [0, 0.05) is 22.7 Å². The number of hydrogen-bond acceptors (Lipinski definition) is 4. The van der Waals surface area contributed by atoms with Crippen LogP contribution in [0.4, 0.5) is 0 Å². The Kier molecular flexibility index (Phi) is 5.30. The Morgan fingerprint density at radius 2 is 2.26 bits per heavy atom. The SMILES string of the molecule is CSC1CCCCC1NCc1cc(C(=O)O)sc1C. The van der Waals surface area contributed by atoms with Gasteiger partial charge in [0.1, 0.15) is 4.88 Å². The number of nitrogens with one attached hydrogen (secondary N) is 1. The molecule has 3 nitrogen and oxygen atoms in total. The molecule has 0 saturated heterocycles. The van der Waals surface area contributed by atoms with Crippen LogP contribution in [0.3, 0.4) is 0 Å². The maximum Gasteiger partial charge on any atom is 0.345 e. The minimum absolute atomic E-state index is 0.444. The summed E-state index contributed by atoms with van der Waals surface area (Å²) in [6, 6.07) is 2.38. The van der Waals surface area contributed by atoms with Crippen molar-refractivity contribution in [2.45, 2.75) is 50.4 Å². The van der Waals surface area contributed by atoms with Gasteiger partial charge in [-0.2, -0.15) is 11.8 Å². The van der Waals surface area contributed by atoms with E-state index < -0.39 is 5.97 Å². The molecule has 0 bridgehead atoms. The van der Waals surface area contributed by atoms with Gasteiger partial charge in [-0.3, -0.25) is 0 Å². The largest absolute Gasteiger partial charge is 0.477 e. The van der Waals surface area contributed by atoms with Crippen molar-refractivity contribution < 1.29 is 9.90 Å². The highest BCUT2D eigenvalue weighted by atomic mass is 32.2. The Morgan fingerprint density at radius 1 is 1.53 bits per heavy atom. The van der Waals surface area contributed by atoms with Gasteiger partial charge < -0.3 is 10.4 Å². The summed E-state index contributed by atoms with van der Waals surface area (Å²) >= 11 is 3.32. The van der Waals surface area contributed by atoms with E-state index in [0.29, 0.717) is 16.2 Å². The second-order valence-electron chi connectivity index (χ2n) is 5.04. The van der Waals surface area contributed by atoms with Crippen molar-refractivity contribution in [2.75, 3.05) is 6.26 Å². The second kappa shape index (κ2) is 6.77. The highest BCUT2D eigenvalue weighted by Gasteiger charge is 2.24. The fourth-order valence-corrected chi connectivity index (χ4v) is 4.50. The quantitative estimate of drug-likeness (QED) is 0.873. The van der Waals surface area contributed by atoms with Gasteiger partial charge in [0.05, 0.1) is 0 Å². The zero-order valence-corrected chi connectivity index (χ0v) is 13.1. The van der Waals surface area contributed by atoms with Crippen molar-refractivity contribution in [1.82, 2.24) is 5.32 Å². The third kappa shape index (κ3) is 3.74. The first-order valence-electron chi connectivity index (χ1n) is 6.70. The van der Waals surface area contributed by atoms with Gasteiger partial charge in [0.2, 0.25) is 0 Å². The van der Waals surface area contributed by atoms with E-state index in [-0.39, 0.29) is 0 Å². The molecule has 0 spiro atoms. The van der Waals surface area contributed by atoms with Crippen LogP contribution in [0.2, 0.25) is 0 Å². The Balaban J connectivity index is 1.96. The first kappa shape index (κ1) is 14.9. The highest BCUT2D eigenvalue weighted by molar-refractivity contribution is 7.99. The number of aryl methyl sites for hydroxylation is 1. The molecular formula is C14H21NO2S2. The first-order chi connectivity index (χ1) is 9.11. The lowest BCUT2D eigenvalue weighted by atomic mass is 9.94. The van der Waals surface area contributed by atoms with Crippen molar-refractivity contribution >= 4 is 29.1 Å². The number of aromatic carboxylic acids is 1. The van der Waals surface area contributed by atoms with Crippen LogP contribution >= 0.6 is 23.1 Å². The Bertz CT molecular complexity index is 445. The molecule has 1 aliphatic rings. The topological polar surface area (TPSA) is 49.3 Å². The summed E-state index contributed by atoms with van der Waals surface area (Å²) in [4.78, 5) is 12.5. The normalized spacial score (nSPS) is 23.5. The molecule has 2 rings (SSSR count). The smallest absolute Gasteiger partial charge is 0.345 e. The van der Waals surface area contributed by atoms with Gasteiger partial charge in [-0.25, -0.2) is 4.79 Å². The molecule has 0 radical (unpaired) electrons. The summed E-state index contributed by atoms with van der Waals surface area (Å²) in [5.74, 6) is -0.820. The summed E-state index contributed by atoms with van der Waals surface area (Å²) < 4.78 is 0. The van der Waals surface area contributed by atoms with Gasteiger partial charge in [0.15, 0.2) is 0 Å². The molecule has 0 aromatic carbocycles. The molecule has 1 saturated carbocycles. The van der Waals surface area contributed by atoms with Crippen molar-refractivity contribution in [3.8, 4) is 0 Å². The van der Waals surface area contributed by atoms with E-state index in [1.54, 1.807) is 0 Å². The fourth-order valence-electron chi connectivity index (χ4n) is 2.65. The van der Waals surface area contributed by atoms with Gasteiger partial charge in [0.25, 0.3) is 0 Å². The van der Waals surface area contributed by atoms with E-state index >= 15 is 0 Å². The lowest BCUT2D eigenvalue weighted by molar-refractivity contribution is 0.0702. The number of thioether (sulfide) groups is 1. The third-order valence-corrected chi connectivity index (χ3v) is 6.04. The van der Waals surface area contributed by atoms with Crippen molar-refractivity contribution in [3.63, 3.8) is 0 Å². The predicted molar refractivity (Wildman–Crippen MR) is 82.4 cm³/mol. The van der Waals surface area contributed by atoms with E-state index in [4.69, 9.17) is 5.11 Å². The molecule has 5 heteroatoms. The van der Waals surface area contributed by atoms with Gasteiger partial charge in [-0.05, 0) is 37.7 Å². The lowest BCUT2D eigenvalue weighted by Crippen LogP contribution is -2.39. The Labute approximate surface area is 122 Å². The fraction of sp³-hybridized carbons (Fsp3) is 0.643.